The normalized spacial score (nSPS) is 33.9. The van der Waals surface area contributed by atoms with Crippen molar-refractivity contribution in [2.45, 2.75) is 39.5 Å². The molecule has 18 heavy (non-hydrogen) atoms. The molecule has 1 aromatic carbocycles. The first kappa shape index (κ1) is 11.8. The topological polar surface area (TPSA) is 26.0 Å². The maximum absolute atomic E-state index is 6.52. The molecule has 2 bridgehead atoms. The maximum Gasteiger partial charge on any atom is 0.0155 e. The van der Waals surface area contributed by atoms with Crippen molar-refractivity contribution in [3.8, 4) is 0 Å². The smallest absolute Gasteiger partial charge is 0.0155 e. The molecule has 0 saturated heterocycles. The summed E-state index contributed by atoms with van der Waals surface area (Å²) in [5, 5.41) is 0. The van der Waals surface area contributed by atoms with Gasteiger partial charge in [-0.3, -0.25) is 0 Å². The van der Waals surface area contributed by atoms with Crippen LogP contribution >= 0.6 is 0 Å². The molecule has 0 aliphatic heterocycles. The van der Waals surface area contributed by atoms with Crippen LogP contribution in [0.5, 0.6) is 0 Å². The van der Waals surface area contributed by atoms with Crippen LogP contribution in [-0.4, -0.2) is 0 Å². The lowest BCUT2D eigenvalue weighted by molar-refractivity contribution is 0.171. The summed E-state index contributed by atoms with van der Waals surface area (Å²) in [7, 11) is 0. The molecule has 2 N–H and O–H groups in total. The summed E-state index contributed by atoms with van der Waals surface area (Å²) in [6.45, 7) is 4.84. The predicted octanol–water partition coefficient (Wildman–Crippen LogP) is 4.20. The van der Waals surface area contributed by atoms with Crippen molar-refractivity contribution in [1.29, 1.82) is 0 Å². The highest BCUT2D eigenvalue weighted by Crippen LogP contribution is 2.67. The molecule has 0 heterocycles. The molecular weight excluding hydrogens is 218 g/mol. The largest absolute Gasteiger partial charge is 0.402 e. The van der Waals surface area contributed by atoms with E-state index in [1.54, 1.807) is 0 Å². The summed E-state index contributed by atoms with van der Waals surface area (Å²) in [4.78, 5) is 0. The Morgan fingerprint density at radius 2 is 1.78 bits per heavy atom. The molecule has 0 unspecified atom stereocenters. The molecule has 0 atom stereocenters. The second-order valence-corrected chi connectivity index (χ2v) is 6.59. The van der Waals surface area contributed by atoms with Gasteiger partial charge in [-0.1, -0.05) is 44.2 Å². The average molecular weight is 241 g/mol. The first-order valence-corrected chi connectivity index (χ1v) is 7.09. The van der Waals surface area contributed by atoms with Crippen LogP contribution in [0.2, 0.25) is 0 Å². The van der Waals surface area contributed by atoms with Gasteiger partial charge in [0.05, 0.1) is 0 Å². The highest BCUT2D eigenvalue weighted by molar-refractivity contribution is 5.54. The van der Waals surface area contributed by atoms with Crippen molar-refractivity contribution in [2.24, 2.45) is 22.5 Å². The lowest BCUT2D eigenvalue weighted by Crippen LogP contribution is -2.35. The minimum absolute atomic E-state index is 0.257. The van der Waals surface area contributed by atoms with Crippen LogP contribution in [0.4, 0.5) is 0 Å². The fourth-order valence-electron chi connectivity index (χ4n) is 4.40. The molecule has 1 aromatic rings. The van der Waals surface area contributed by atoms with E-state index in [9.17, 15) is 0 Å². The van der Waals surface area contributed by atoms with Crippen molar-refractivity contribution in [3.63, 3.8) is 0 Å². The predicted molar refractivity (Wildman–Crippen MR) is 76.8 cm³/mol. The Morgan fingerprint density at radius 1 is 1.17 bits per heavy atom. The van der Waals surface area contributed by atoms with Crippen molar-refractivity contribution in [3.05, 3.63) is 41.6 Å². The summed E-state index contributed by atoms with van der Waals surface area (Å²) in [5.74, 6) is 0.875. The van der Waals surface area contributed by atoms with E-state index in [0.29, 0.717) is 5.41 Å². The first-order valence-electron chi connectivity index (χ1n) is 7.09. The van der Waals surface area contributed by atoms with Crippen LogP contribution in [-0.2, 0) is 0 Å². The zero-order chi connectivity index (χ0) is 12.8. The van der Waals surface area contributed by atoms with Gasteiger partial charge >= 0.3 is 0 Å². The SMILES string of the molecule is CC1(C)C2CCC1(/C(N)=C/c1ccccc1)CC2. The Labute approximate surface area is 110 Å². The molecule has 0 amide bonds. The van der Waals surface area contributed by atoms with Crippen LogP contribution in [0, 0.1) is 16.7 Å². The van der Waals surface area contributed by atoms with Crippen LogP contribution < -0.4 is 5.73 Å². The van der Waals surface area contributed by atoms with Crippen LogP contribution in [0.15, 0.2) is 36.0 Å². The van der Waals surface area contributed by atoms with E-state index < -0.39 is 0 Å². The van der Waals surface area contributed by atoms with E-state index >= 15 is 0 Å². The summed E-state index contributed by atoms with van der Waals surface area (Å²) in [5.41, 5.74) is 9.50. The number of allylic oxidation sites excluding steroid dienone is 1. The zero-order valence-corrected chi connectivity index (χ0v) is 11.4. The summed E-state index contributed by atoms with van der Waals surface area (Å²) >= 11 is 0. The minimum atomic E-state index is 0.257. The Kier molecular flexibility index (Phi) is 2.55. The monoisotopic (exact) mass is 241 g/mol. The second-order valence-electron chi connectivity index (χ2n) is 6.59. The number of nitrogens with two attached hydrogens (primary N) is 1. The fourth-order valence-corrected chi connectivity index (χ4v) is 4.40. The standard InChI is InChI=1S/C17H23N/c1-16(2)14-8-10-17(16,11-9-14)15(18)12-13-6-4-3-5-7-13/h3-7,12,14H,8-11,18H2,1-2H3/b15-12-. The van der Waals surface area contributed by atoms with Crippen molar-refractivity contribution in [1.82, 2.24) is 0 Å². The number of hydrogen-bond donors (Lipinski definition) is 1. The number of hydrogen-bond acceptors (Lipinski definition) is 1. The molecule has 0 radical (unpaired) electrons. The summed E-state index contributed by atoms with van der Waals surface area (Å²) in [6, 6.07) is 10.5. The van der Waals surface area contributed by atoms with E-state index in [1.165, 1.54) is 31.2 Å². The van der Waals surface area contributed by atoms with E-state index in [2.05, 4.69) is 50.3 Å². The van der Waals surface area contributed by atoms with Gasteiger partial charge in [0.25, 0.3) is 0 Å². The van der Waals surface area contributed by atoms with Gasteiger partial charge in [0.15, 0.2) is 0 Å². The zero-order valence-electron chi connectivity index (χ0n) is 11.4. The molecule has 2 aliphatic carbocycles. The highest BCUT2D eigenvalue weighted by Gasteiger charge is 2.59. The van der Waals surface area contributed by atoms with Gasteiger partial charge in [-0.15, -0.1) is 0 Å². The second kappa shape index (κ2) is 3.88. The molecule has 1 heteroatoms. The Hall–Kier alpha value is -1.24. The summed E-state index contributed by atoms with van der Waals surface area (Å²) in [6.07, 6.45) is 7.47. The average Bonchev–Trinajstić information content (AvgIpc) is 2.78. The molecule has 0 spiro atoms. The van der Waals surface area contributed by atoms with Gasteiger partial charge in [-0.2, -0.15) is 0 Å². The van der Waals surface area contributed by atoms with E-state index in [1.807, 2.05) is 0 Å². The van der Waals surface area contributed by atoms with E-state index in [-0.39, 0.29) is 5.41 Å². The number of rotatable bonds is 2. The molecule has 1 nitrogen and oxygen atoms in total. The Morgan fingerprint density at radius 3 is 2.28 bits per heavy atom. The molecule has 2 saturated carbocycles. The fraction of sp³-hybridized carbons (Fsp3) is 0.529. The molecular formula is C17H23N. The van der Waals surface area contributed by atoms with E-state index in [4.69, 9.17) is 5.73 Å². The number of fused-ring (bicyclic) bond motifs is 2. The molecule has 0 aromatic heterocycles. The molecule has 2 fully saturated rings. The minimum Gasteiger partial charge on any atom is -0.402 e. The molecule has 3 rings (SSSR count). The van der Waals surface area contributed by atoms with Gasteiger partial charge in [0.2, 0.25) is 0 Å². The molecule has 96 valence electrons. The maximum atomic E-state index is 6.52. The van der Waals surface area contributed by atoms with Crippen LogP contribution in [0.3, 0.4) is 0 Å². The van der Waals surface area contributed by atoms with Gasteiger partial charge < -0.3 is 5.73 Å². The van der Waals surface area contributed by atoms with Crippen LogP contribution in [0.25, 0.3) is 6.08 Å². The summed E-state index contributed by atoms with van der Waals surface area (Å²) < 4.78 is 0. The number of benzene rings is 1. The van der Waals surface area contributed by atoms with Gasteiger partial charge in [0.1, 0.15) is 0 Å². The Bertz CT molecular complexity index is 462. The van der Waals surface area contributed by atoms with Gasteiger partial charge in [-0.25, -0.2) is 0 Å². The molecule has 2 aliphatic rings. The van der Waals surface area contributed by atoms with Crippen molar-refractivity contribution in [2.75, 3.05) is 0 Å². The van der Waals surface area contributed by atoms with Crippen molar-refractivity contribution >= 4 is 6.08 Å². The first-order chi connectivity index (χ1) is 8.56. The van der Waals surface area contributed by atoms with Crippen molar-refractivity contribution < 1.29 is 0 Å². The third-order valence-corrected chi connectivity index (χ3v) is 5.77. The van der Waals surface area contributed by atoms with Crippen LogP contribution in [0.1, 0.15) is 45.1 Å². The van der Waals surface area contributed by atoms with E-state index in [0.717, 1.165) is 11.6 Å². The lowest BCUT2D eigenvalue weighted by atomic mass is 9.67. The highest BCUT2D eigenvalue weighted by atomic mass is 14.7. The Balaban J connectivity index is 1.98. The third kappa shape index (κ3) is 1.46. The lowest BCUT2D eigenvalue weighted by Gasteiger charge is -2.38. The third-order valence-electron chi connectivity index (χ3n) is 5.77. The van der Waals surface area contributed by atoms with Gasteiger partial charge in [0, 0.05) is 11.1 Å². The quantitative estimate of drug-likeness (QED) is 0.825. The van der Waals surface area contributed by atoms with Gasteiger partial charge in [-0.05, 0) is 48.7 Å².